The predicted octanol–water partition coefficient (Wildman–Crippen LogP) is 21.9. The minimum Gasteiger partial charge on any atom is -0.497 e. The third-order valence-electron chi connectivity index (χ3n) is 16.0. The number of anilines is 12. The maximum absolute atomic E-state index is 5.59. The highest BCUT2D eigenvalue weighted by Gasteiger charge is 2.22. The van der Waals surface area contributed by atoms with Gasteiger partial charge >= 0.3 is 0 Å². The first-order chi connectivity index (χ1) is 41.6. The summed E-state index contributed by atoms with van der Waals surface area (Å²) in [7, 11) is 3.41. The molecule has 0 fully saturated rings. The summed E-state index contributed by atoms with van der Waals surface area (Å²) in [5.74, 6) is 1.63. The number of hydrogen-bond acceptors (Lipinski definition) is 6. The zero-order chi connectivity index (χ0) is 56.3. The summed E-state index contributed by atoms with van der Waals surface area (Å²) in [6.45, 7) is 0. The third-order valence-corrected chi connectivity index (χ3v) is 16.0. The Morgan fingerprint density at radius 1 is 0.190 bits per heavy atom. The van der Waals surface area contributed by atoms with Gasteiger partial charge in [0.05, 0.1) is 37.0 Å². The van der Waals surface area contributed by atoms with Crippen LogP contribution in [0.2, 0.25) is 0 Å². The zero-order valence-corrected chi connectivity index (χ0v) is 46.6. The maximum Gasteiger partial charge on any atom is 0.119 e. The molecule has 0 aliphatic heterocycles. The van der Waals surface area contributed by atoms with Crippen molar-refractivity contribution in [2.24, 2.45) is 0 Å². The van der Waals surface area contributed by atoms with Gasteiger partial charge in [0.25, 0.3) is 0 Å². The average Bonchev–Trinajstić information content (AvgIpc) is 3.74. The highest BCUT2D eigenvalue weighted by molar-refractivity contribution is 6.03. The van der Waals surface area contributed by atoms with Gasteiger partial charge in [0.2, 0.25) is 0 Å². The van der Waals surface area contributed by atoms with Gasteiger partial charge in [-0.25, -0.2) is 0 Å². The first-order valence-corrected chi connectivity index (χ1v) is 28.4. The van der Waals surface area contributed by atoms with Crippen LogP contribution in [0.4, 0.5) is 68.2 Å². The largest absolute Gasteiger partial charge is 0.497 e. The fourth-order valence-electron chi connectivity index (χ4n) is 11.9. The van der Waals surface area contributed by atoms with Crippen molar-refractivity contribution < 1.29 is 9.47 Å². The number of nitrogens with zero attached hydrogens (tertiary/aromatic N) is 4. The number of methoxy groups -OCH3 is 2. The predicted molar refractivity (Wildman–Crippen MR) is 354 cm³/mol. The van der Waals surface area contributed by atoms with Crippen LogP contribution in [0.25, 0.3) is 54.2 Å². The Balaban J connectivity index is 0.816. The molecular formula is C78H58N4O2. The van der Waals surface area contributed by atoms with E-state index in [9.17, 15) is 0 Å². The molecule has 0 spiro atoms. The van der Waals surface area contributed by atoms with Crippen LogP contribution in [0, 0.1) is 0 Å². The van der Waals surface area contributed by atoms with Crippen LogP contribution in [-0.4, -0.2) is 14.2 Å². The lowest BCUT2D eigenvalue weighted by Crippen LogP contribution is -2.13. The van der Waals surface area contributed by atoms with E-state index in [0.29, 0.717) is 0 Å². The van der Waals surface area contributed by atoms with E-state index < -0.39 is 0 Å². The first-order valence-electron chi connectivity index (χ1n) is 28.4. The monoisotopic (exact) mass is 1080 g/mol. The van der Waals surface area contributed by atoms with Crippen LogP contribution in [0.15, 0.2) is 315 Å². The number of benzene rings is 14. The van der Waals surface area contributed by atoms with Crippen molar-refractivity contribution in [2.45, 2.75) is 0 Å². The van der Waals surface area contributed by atoms with Gasteiger partial charge in [0, 0.05) is 67.0 Å². The fraction of sp³-hybridized carbons (Fsp3) is 0.0256. The number of fused-ring (bicyclic) bond motifs is 4. The molecular weight excluding hydrogens is 1020 g/mol. The summed E-state index contributed by atoms with van der Waals surface area (Å²) in [4.78, 5) is 9.41. The van der Waals surface area contributed by atoms with Gasteiger partial charge in [-0.1, -0.05) is 170 Å². The summed E-state index contributed by atoms with van der Waals surface area (Å²) >= 11 is 0. The van der Waals surface area contributed by atoms with E-state index in [2.05, 4.69) is 311 Å². The molecule has 0 aromatic heterocycles. The molecule has 6 nitrogen and oxygen atoms in total. The molecule has 14 aromatic rings. The molecule has 0 heterocycles. The quantitative estimate of drug-likeness (QED) is 0.102. The highest BCUT2D eigenvalue weighted by Crippen LogP contribution is 2.46. The Hall–Kier alpha value is -11.1. The lowest BCUT2D eigenvalue weighted by Gasteiger charge is -2.30. The van der Waals surface area contributed by atoms with E-state index >= 15 is 0 Å². The minimum atomic E-state index is 0.814. The van der Waals surface area contributed by atoms with Gasteiger partial charge in [-0.15, -0.1) is 0 Å². The van der Waals surface area contributed by atoms with Crippen molar-refractivity contribution in [3.8, 4) is 22.6 Å². The van der Waals surface area contributed by atoms with E-state index in [4.69, 9.17) is 9.47 Å². The second-order valence-corrected chi connectivity index (χ2v) is 20.9. The van der Waals surface area contributed by atoms with Crippen LogP contribution < -0.4 is 29.1 Å². The summed E-state index contributed by atoms with van der Waals surface area (Å²) in [6, 6.07) is 113. The van der Waals surface area contributed by atoms with Crippen LogP contribution in [0.1, 0.15) is 0 Å². The van der Waals surface area contributed by atoms with Crippen molar-refractivity contribution in [3.63, 3.8) is 0 Å². The maximum atomic E-state index is 5.59. The smallest absolute Gasteiger partial charge is 0.119 e. The van der Waals surface area contributed by atoms with Gasteiger partial charge in [0.15, 0.2) is 0 Å². The normalized spacial score (nSPS) is 11.2. The fourth-order valence-corrected chi connectivity index (χ4v) is 11.9. The molecule has 6 heteroatoms. The molecule has 0 radical (unpaired) electrons. The molecule has 14 aromatic carbocycles. The Morgan fingerprint density at radius 2 is 0.381 bits per heavy atom. The third kappa shape index (κ3) is 9.71. The van der Waals surface area contributed by atoms with Crippen molar-refractivity contribution in [1.82, 2.24) is 0 Å². The molecule has 0 amide bonds. The first kappa shape index (κ1) is 51.1. The van der Waals surface area contributed by atoms with Gasteiger partial charge in [-0.2, -0.15) is 0 Å². The zero-order valence-electron chi connectivity index (χ0n) is 46.6. The molecule has 0 unspecified atom stereocenters. The van der Waals surface area contributed by atoms with Gasteiger partial charge in [0.1, 0.15) is 11.5 Å². The molecule has 0 bridgehead atoms. The van der Waals surface area contributed by atoms with Crippen LogP contribution in [-0.2, 0) is 0 Å². The molecule has 0 saturated heterocycles. The van der Waals surface area contributed by atoms with E-state index in [1.807, 2.05) is 24.3 Å². The summed E-state index contributed by atoms with van der Waals surface area (Å²) in [5.41, 5.74) is 15.0. The molecule has 0 N–H and O–H groups in total. The van der Waals surface area contributed by atoms with Gasteiger partial charge < -0.3 is 29.1 Å². The van der Waals surface area contributed by atoms with Gasteiger partial charge in [-0.3, -0.25) is 0 Å². The Labute approximate surface area is 490 Å². The van der Waals surface area contributed by atoms with Crippen molar-refractivity contribution in [3.05, 3.63) is 315 Å². The molecule has 402 valence electrons. The average molecular weight is 1080 g/mol. The lowest BCUT2D eigenvalue weighted by atomic mass is 10.0. The molecule has 0 aliphatic rings. The molecule has 0 saturated carbocycles. The summed E-state index contributed by atoms with van der Waals surface area (Å²) < 4.78 is 11.2. The van der Waals surface area contributed by atoms with Crippen molar-refractivity contribution >= 4 is 111 Å². The minimum absolute atomic E-state index is 0.814. The Bertz CT molecular complexity index is 4300. The van der Waals surface area contributed by atoms with E-state index in [-0.39, 0.29) is 0 Å². The SMILES string of the molecule is COc1ccc(N(c2ccc(N(c3ccc(-c4ccc(N(c5ccc(N(c6ccc(OC)cc6)c6cccc7ccccc67)cc5)c5cccc6ccccc56)cc4)cc3)c3cccc4ccccc34)cc2)c2cccc3ccccc23)cc1. The Morgan fingerprint density at radius 3 is 0.607 bits per heavy atom. The van der Waals surface area contributed by atoms with Crippen molar-refractivity contribution in [2.75, 3.05) is 33.8 Å². The second kappa shape index (κ2) is 22.5. The number of hydrogen-bond donors (Lipinski definition) is 0. The van der Waals surface area contributed by atoms with Gasteiger partial charge in [-0.05, 0) is 178 Å². The lowest BCUT2D eigenvalue weighted by molar-refractivity contribution is 0.414. The standard InChI is InChI=1S/C78H58N4O2/c1-83-69-51-47-67(48-52-69)81(77-29-13-21-59-17-5-9-25-73(59)77)65-43-39-63(40-44-65)79(75-27-11-19-57-15-3-7-23-71(57)75)61-35-31-55(32-36-61)56-33-37-62(38-34-56)80(76-28-12-20-58-16-4-8-24-72(58)76)64-41-45-66(46-42-64)82(68-49-53-70(84-2)54-50-68)78-30-14-22-60-18-6-10-26-74(60)78/h3-54H,1-2H3. The molecule has 0 atom stereocenters. The molecule has 84 heavy (non-hydrogen) atoms. The highest BCUT2D eigenvalue weighted by atomic mass is 16.5. The number of ether oxygens (including phenoxy) is 2. The molecule has 14 rings (SSSR count). The van der Waals surface area contributed by atoms with Crippen molar-refractivity contribution in [1.29, 1.82) is 0 Å². The molecule has 0 aliphatic carbocycles. The topological polar surface area (TPSA) is 31.4 Å². The van der Waals surface area contributed by atoms with Crippen LogP contribution in [0.3, 0.4) is 0 Å². The van der Waals surface area contributed by atoms with E-state index in [1.54, 1.807) is 14.2 Å². The van der Waals surface area contributed by atoms with Crippen LogP contribution >= 0.6 is 0 Å². The van der Waals surface area contributed by atoms with E-state index in [0.717, 1.165) is 90.9 Å². The summed E-state index contributed by atoms with van der Waals surface area (Å²) in [5, 5.41) is 9.41. The Kier molecular flexibility index (Phi) is 13.7. The number of rotatable bonds is 15. The second-order valence-electron chi connectivity index (χ2n) is 20.9. The van der Waals surface area contributed by atoms with E-state index in [1.165, 1.54) is 43.1 Å². The van der Waals surface area contributed by atoms with Crippen LogP contribution in [0.5, 0.6) is 11.5 Å². The summed E-state index contributed by atoms with van der Waals surface area (Å²) in [6.07, 6.45) is 0.